The van der Waals surface area contributed by atoms with Crippen LogP contribution >= 0.6 is 23.1 Å². The van der Waals surface area contributed by atoms with Crippen molar-refractivity contribution in [1.82, 2.24) is 9.88 Å². The first-order chi connectivity index (χ1) is 16.5. The molecule has 1 N–H and O–H groups in total. The Morgan fingerprint density at radius 2 is 1.94 bits per heavy atom. The third-order valence-electron chi connectivity index (χ3n) is 5.94. The molecular formula is C24H24N4O4S2. The van der Waals surface area contributed by atoms with Crippen LogP contribution in [0.3, 0.4) is 0 Å². The van der Waals surface area contributed by atoms with E-state index in [1.54, 1.807) is 13.2 Å². The molecule has 2 aliphatic rings. The molecule has 0 saturated carbocycles. The van der Waals surface area contributed by atoms with Gasteiger partial charge in [-0.15, -0.1) is 11.8 Å². The highest BCUT2D eigenvalue weighted by Gasteiger charge is 2.29. The number of hydrogen-bond acceptors (Lipinski definition) is 7. The van der Waals surface area contributed by atoms with Gasteiger partial charge in [0, 0.05) is 23.5 Å². The average molecular weight is 497 g/mol. The largest absolute Gasteiger partial charge is 0.497 e. The zero-order valence-electron chi connectivity index (χ0n) is 18.7. The molecule has 176 valence electrons. The Kier molecular flexibility index (Phi) is 6.42. The number of carbonyl (C=O) groups excluding carboxylic acids is 3. The number of ether oxygens (including phenoxy) is 1. The van der Waals surface area contributed by atoms with E-state index in [1.807, 2.05) is 35.2 Å². The third-order valence-corrected chi connectivity index (χ3v) is 7.92. The molecule has 1 fully saturated rings. The van der Waals surface area contributed by atoms with Crippen LogP contribution in [0, 0.1) is 0 Å². The summed E-state index contributed by atoms with van der Waals surface area (Å²) in [5.74, 6) is 0.437. The van der Waals surface area contributed by atoms with Crippen LogP contribution in [-0.4, -0.2) is 60.1 Å². The molecule has 2 aliphatic heterocycles. The van der Waals surface area contributed by atoms with Gasteiger partial charge in [-0.2, -0.15) is 0 Å². The number of anilines is 2. The molecule has 0 atom stereocenters. The second kappa shape index (κ2) is 9.63. The lowest BCUT2D eigenvalue weighted by molar-refractivity contribution is -0.120. The Balaban J connectivity index is 1.34. The van der Waals surface area contributed by atoms with Crippen molar-refractivity contribution >= 4 is 61.9 Å². The number of piperidine rings is 1. The monoisotopic (exact) mass is 496 g/mol. The number of nitrogens with one attached hydrogen (secondary N) is 1. The Morgan fingerprint density at radius 1 is 1.12 bits per heavy atom. The second-order valence-electron chi connectivity index (χ2n) is 8.20. The van der Waals surface area contributed by atoms with E-state index >= 15 is 0 Å². The van der Waals surface area contributed by atoms with Crippen LogP contribution in [0.25, 0.3) is 10.2 Å². The minimum Gasteiger partial charge on any atom is -0.497 e. The number of likely N-dealkylation sites (tertiary alicyclic amines) is 1. The number of amides is 3. The number of thioether (sulfide) groups is 1. The molecule has 0 spiro atoms. The zero-order valence-corrected chi connectivity index (χ0v) is 20.3. The van der Waals surface area contributed by atoms with Crippen LogP contribution in [-0.2, 0) is 9.59 Å². The molecule has 8 nitrogen and oxygen atoms in total. The number of carbonyl (C=O) groups is 3. The zero-order chi connectivity index (χ0) is 23.7. The summed E-state index contributed by atoms with van der Waals surface area (Å²) in [6.07, 6.45) is 3.16. The summed E-state index contributed by atoms with van der Waals surface area (Å²) in [5, 5.41) is 3.27. The molecule has 5 rings (SSSR count). The fourth-order valence-corrected chi connectivity index (χ4v) is 6.00. The average Bonchev–Trinajstić information content (AvgIpc) is 3.26. The van der Waals surface area contributed by atoms with Crippen molar-refractivity contribution in [3.63, 3.8) is 0 Å². The highest BCUT2D eigenvalue weighted by molar-refractivity contribution is 8.00. The normalized spacial score (nSPS) is 15.9. The van der Waals surface area contributed by atoms with Crippen LogP contribution in [0.1, 0.15) is 29.6 Å². The summed E-state index contributed by atoms with van der Waals surface area (Å²) in [5.41, 5.74) is 1.91. The van der Waals surface area contributed by atoms with Crippen molar-refractivity contribution in [3.8, 4) is 5.75 Å². The second-order valence-corrected chi connectivity index (χ2v) is 10.3. The Labute approximate surface area is 205 Å². The van der Waals surface area contributed by atoms with Crippen LogP contribution < -0.4 is 15.0 Å². The van der Waals surface area contributed by atoms with Crippen molar-refractivity contribution in [2.75, 3.05) is 42.7 Å². The highest BCUT2D eigenvalue weighted by Crippen LogP contribution is 2.36. The summed E-state index contributed by atoms with van der Waals surface area (Å²) >= 11 is 2.77. The van der Waals surface area contributed by atoms with Gasteiger partial charge >= 0.3 is 0 Å². The molecule has 0 bridgehead atoms. The molecule has 10 heteroatoms. The number of nitrogens with zero attached hydrogens (tertiary/aromatic N) is 3. The van der Waals surface area contributed by atoms with Gasteiger partial charge in [0.25, 0.3) is 5.91 Å². The van der Waals surface area contributed by atoms with E-state index in [1.165, 1.54) is 28.0 Å². The van der Waals surface area contributed by atoms with Crippen molar-refractivity contribution in [2.24, 2.45) is 0 Å². The van der Waals surface area contributed by atoms with E-state index in [2.05, 4.69) is 10.3 Å². The van der Waals surface area contributed by atoms with Crippen molar-refractivity contribution < 1.29 is 19.1 Å². The number of thiazole rings is 1. The van der Waals surface area contributed by atoms with Crippen molar-refractivity contribution in [1.29, 1.82) is 0 Å². The predicted molar refractivity (Wildman–Crippen MR) is 134 cm³/mol. The molecule has 0 radical (unpaired) electrons. The molecule has 1 aromatic heterocycles. The van der Waals surface area contributed by atoms with Crippen molar-refractivity contribution in [2.45, 2.75) is 24.2 Å². The lowest BCUT2D eigenvalue weighted by atomic mass is 10.1. The molecular weight excluding hydrogens is 472 g/mol. The number of fused-ring (bicyclic) bond motifs is 2. The van der Waals surface area contributed by atoms with Crippen LogP contribution in [0.2, 0.25) is 0 Å². The molecule has 34 heavy (non-hydrogen) atoms. The van der Waals surface area contributed by atoms with Gasteiger partial charge in [0.1, 0.15) is 12.3 Å². The lowest BCUT2D eigenvalue weighted by Crippen LogP contribution is -2.41. The first-order valence-electron chi connectivity index (χ1n) is 11.1. The van der Waals surface area contributed by atoms with E-state index < -0.39 is 0 Å². The first-order valence-corrected chi connectivity index (χ1v) is 12.9. The molecule has 3 heterocycles. The number of rotatable bonds is 5. The van der Waals surface area contributed by atoms with E-state index in [-0.39, 0.29) is 30.0 Å². The van der Waals surface area contributed by atoms with Gasteiger partial charge in [-0.25, -0.2) is 4.98 Å². The quantitative estimate of drug-likeness (QED) is 0.574. The maximum Gasteiger partial charge on any atom is 0.253 e. The van der Waals surface area contributed by atoms with Crippen LogP contribution in [0.5, 0.6) is 5.75 Å². The third kappa shape index (κ3) is 4.60. The van der Waals surface area contributed by atoms with E-state index in [0.717, 1.165) is 53.2 Å². The van der Waals surface area contributed by atoms with Crippen molar-refractivity contribution in [3.05, 3.63) is 42.0 Å². The van der Waals surface area contributed by atoms with E-state index in [0.29, 0.717) is 16.4 Å². The minimum absolute atomic E-state index is 0.0279. The maximum atomic E-state index is 13.0. The van der Waals surface area contributed by atoms with Gasteiger partial charge in [0.05, 0.1) is 28.8 Å². The maximum absolute atomic E-state index is 13.0. The summed E-state index contributed by atoms with van der Waals surface area (Å²) in [7, 11) is 1.60. The van der Waals surface area contributed by atoms with Gasteiger partial charge in [-0.3, -0.25) is 14.4 Å². The fourth-order valence-electron chi connectivity index (χ4n) is 4.18. The van der Waals surface area contributed by atoms with Gasteiger partial charge in [0.15, 0.2) is 5.13 Å². The molecule has 0 aliphatic carbocycles. The summed E-state index contributed by atoms with van der Waals surface area (Å²) < 4.78 is 6.14. The number of aromatic nitrogens is 1. The lowest BCUT2D eigenvalue weighted by Gasteiger charge is -2.30. The van der Waals surface area contributed by atoms with Crippen LogP contribution in [0.15, 0.2) is 41.3 Å². The summed E-state index contributed by atoms with van der Waals surface area (Å²) in [4.78, 5) is 47.2. The van der Waals surface area contributed by atoms with E-state index in [9.17, 15) is 14.4 Å². The topological polar surface area (TPSA) is 91.8 Å². The van der Waals surface area contributed by atoms with Crippen LogP contribution in [0.4, 0.5) is 10.8 Å². The van der Waals surface area contributed by atoms with Gasteiger partial charge in [-0.1, -0.05) is 11.3 Å². The number of methoxy groups -OCH3 is 1. The molecule has 3 amide bonds. The highest BCUT2D eigenvalue weighted by atomic mass is 32.2. The summed E-state index contributed by atoms with van der Waals surface area (Å²) in [6.45, 7) is 1.36. The first kappa shape index (κ1) is 22.7. The smallest absolute Gasteiger partial charge is 0.253 e. The summed E-state index contributed by atoms with van der Waals surface area (Å²) in [6, 6.07) is 10.9. The molecule has 3 aromatic rings. The fraction of sp³-hybridized carbons (Fsp3) is 0.333. The Bertz CT molecular complexity index is 1270. The van der Waals surface area contributed by atoms with Gasteiger partial charge in [-0.05, 0) is 55.7 Å². The minimum atomic E-state index is -0.343. The predicted octanol–water partition coefficient (Wildman–Crippen LogP) is 4.01. The molecule has 0 unspecified atom stereocenters. The molecule has 2 aromatic carbocycles. The SMILES string of the molecule is COc1ccc2nc(NC(=O)CN3C(=O)CSc4ccc(C(=O)N5CCCCC5)cc43)sc2c1. The number of benzene rings is 2. The van der Waals surface area contributed by atoms with Gasteiger partial charge in [0.2, 0.25) is 11.8 Å². The Morgan fingerprint density at radius 3 is 2.74 bits per heavy atom. The standard InChI is InChI=1S/C24H24N4O4S2/c1-32-16-6-7-17-20(12-16)34-24(25-17)26-21(29)13-28-18-11-15(5-8-19(18)33-14-22(28)30)23(31)27-9-3-2-4-10-27/h5-8,11-12H,2-4,9-10,13-14H2,1H3,(H,25,26,29). The number of hydrogen-bond donors (Lipinski definition) is 1. The van der Waals surface area contributed by atoms with Gasteiger partial charge < -0.3 is 19.9 Å². The molecule has 1 saturated heterocycles. The van der Waals surface area contributed by atoms with E-state index in [4.69, 9.17) is 4.74 Å². The Hall–Kier alpha value is -3.11.